The standard InChI is InChI=1S/C31H35N7O9S/c1-21-17-36(18-22(2)47-21)48(43,44)31-15-25(37(39)40)5-6-26(31)33-32-16-23-3-7-27(28(13-23)38(41)42)35-11-9-34(10-12-35)19-24-4-8-29-30(14-24)46-20-45-29/h3-8,13-16,21-22,33H,9-12,17-20H2,1-2H3/b32-16-/t21-,22-/m0/s1. The van der Waals surface area contributed by atoms with E-state index in [-0.39, 0.29) is 48.4 Å². The molecule has 17 heteroatoms. The molecule has 3 aromatic rings. The first kappa shape index (κ1) is 33.1. The Morgan fingerprint density at radius 1 is 0.917 bits per heavy atom. The number of morpholine rings is 1. The summed E-state index contributed by atoms with van der Waals surface area (Å²) in [6.45, 7) is 7.23. The fourth-order valence-electron chi connectivity index (χ4n) is 6.05. The maximum Gasteiger partial charge on any atom is 0.293 e. The maximum absolute atomic E-state index is 13.6. The highest BCUT2D eigenvalue weighted by molar-refractivity contribution is 7.89. The number of nitrogens with one attached hydrogen (secondary N) is 1. The third-order valence-corrected chi connectivity index (χ3v) is 10.2. The summed E-state index contributed by atoms with van der Waals surface area (Å²) < 4.78 is 45.0. The quantitative estimate of drug-likeness (QED) is 0.186. The molecule has 3 aromatic carbocycles. The number of ether oxygens (including phenoxy) is 3. The largest absolute Gasteiger partial charge is 0.454 e. The molecule has 0 aliphatic carbocycles. The second-order valence-corrected chi connectivity index (χ2v) is 13.7. The van der Waals surface area contributed by atoms with Gasteiger partial charge >= 0.3 is 0 Å². The van der Waals surface area contributed by atoms with Crippen LogP contribution in [0, 0.1) is 20.2 Å². The lowest BCUT2D eigenvalue weighted by atomic mass is 10.1. The van der Waals surface area contributed by atoms with Gasteiger partial charge in [0.1, 0.15) is 10.6 Å². The minimum Gasteiger partial charge on any atom is -0.454 e. The first-order valence-corrected chi connectivity index (χ1v) is 16.8. The number of sulfonamides is 1. The van der Waals surface area contributed by atoms with Crippen molar-refractivity contribution in [3.63, 3.8) is 0 Å². The summed E-state index contributed by atoms with van der Waals surface area (Å²) in [6, 6.07) is 14.1. The Bertz CT molecular complexity index is 1840. The highest BCUT2D eigenvalue weighted by Gasteiger charge is 2.35. The number of hydrogen-bond donors (Lipinski definition) is 1. The van der Waals surface area contributed by atoms with Gasteiger partial charge in [0, 0.05) is 69.6 Å². The highest BCUT2D eigenvalue weighted by atomic mass is 32.2. The number of nitro benzene ring substituents is 2. The predicted octanol–water partition coefficient (Wildman–Crippen LogP) is 3.80. The van der Waals surface area contributed by atoms with Gasteiger partial charge < -0.3 is 19.1 Å². The van der Waals surface area contributed by atoms with Crippen molar-refractivity contribution in [2.75, 3.05) is 56.4 Å². The van der Waals surface area contributed by atoms with E-state index in [0.29, 0.717) is 37.4 Å². The Labute approximate surface area is 276 Å². The van der Waals surface area contributed by atoms with Crippen LogP contribution < -0.4 is 19.8 Å². The minimum absolute atomic E-state index is 0.0217. The molecule has 254 valence electrons. The minimum atomic E-state index is -4.17. The van der Waals surface area contributed by atoms with Gasteiger partial charge in [0.25, 0.3) is 11.4 Å². The topological polar surface area (TPSA) is 182 Å². The van der Waals surface area contributed by atoms with Crippen LogP contribution in [0.3, 0.4) is 0 Å². The zero-order valence-corrected chi connectivity index (χ0v) is 27.2. The fraction of sp³-hybridized carbons (Fsp3) is 0.387. The summed E-state index contributed by atoms with van der Waals surface area (Å²) in [4.78, 5) is 26.4. The second kappa shape index (κ2) is 13.7. The molecule has 0 saturated carbocycles. The first-order chi connectivity index (χ1) is 23.0. The fourth-order valence-corrected chi connectivity index (χ4v) is 7.80. The van der Waals surface area contributed by atoms with Gasteiger partial charge in [-0.2, -0.15) is 9.41 Å². The number of piperazine rings is 1. The average Bonchev–Trinajstić information content (AvgIpc) is 3.53. The zero-order valence-electron chi connectivity index (χ0n) is 26.4. The second-order valence-electron chi connectivity index (χ2n) is 11.8. The molecule has 1 N–H and O–H groups in total. The number of benzene rings is 3. The van der Waals surface area contributed by atoms with E-state index < -0.39 is 25.6 Å². The van der Waals surface area contributed by atoms with Crippen LogP contribution >= 0.6 is 0 Å². The molecule has 0 amide bonds. The molecule has 0 unspecified atom stereocenters. The number of rotatable bonds is 10. The van der Waals surface area contributed by atoms with Crippen LogP contribution in [0.15, 0.2) is 64.6 Å². The summed E-state index contributed by atoms with van der Waals surface area (Å²) in [5.41, 5.74) is 4.21. The van der Waals surface area contributed by atoms with Gasteiger partial charge in [-0.05, 0) is 43.7 Å². The third kappa shape index (κ3) is 7.18. The molecule has 2 fully saturated rings. The van der Waals surface area contributed by atoms with Crippen LogP contribution in [0.25, 0.3) is 0 Å². The van der Waals surface area contributed by atoms with Crippen molar-refractivity contribution < 1.29 is 32.5 Å². The Kier molecular flexibility index (Phi) is 9.45. The van der Waals surface area contributed by atoms with Gasteiger partial charge in [-0.25, -0.2) is 8.42 Å². The molecular formula is C31H35N7O9S. The predicted molar refractivity (Wildman–Crippen MR) is 176 cm³/mol. The van der Waals surface area contributed by atoms with E-state index in [9.17, 15) is 28.6 Å². The van der Waals surface area contributed by atoms with Crippen molar-refractivity contribution >= 4 is 39.0 Å². The number of hydrazone groups is 1. The lowest BCUT2D eigenvalue weighted by molar-refractivity contribution is -0.385. The van der Waals surface area contributed by atoms with Crippen LogP contribution in [-0.2, 0) is 21.3 Å². The van der Waals surface area contributed by atoms with Crippen molar-refractivity contribution in [3.8, 4) is 11.5 Å². The molecule has 48 heavy (non-hydrogen) atoms. The molecule has 3 heterocycles. The van der Waals surface area contributed by atoms with Gasteiger partial charge in [0.15, 0.2) is 11.5 Å². The molecule has 3 aliphatic heterocycles. The molecule has 2 atom stereocenters. The lowest BCUT2D eigenvalue weighted by Crippen LogP contribution is -2.48. The monoisotopic (exact) mass is 681 g/mol. The Hall–Kier alpha value is -4.84. The number of anilines is 2. The van der Waals surface area contributed by atoms with Gasteiger partial charge in [-0.15, -0.1) is 0 Å². The molecule has 3 aliphatic rings. The molecule has 0 aromatic heterocycles. The summed E-state index contributed by atoms with van der Waals surface area (Å²) in [5.74, 6) is 1.47. The molecule has 0 bridgehead atoms. The smallest absolute Gasteiger partial charge is 0.293 e. The van der Waals surface area contributed by atoms with E-state index in [1.807, 2.05) is 23.1 Å². The zero-order chi connectivity index (χ0) is 34.0. The number of hydrogen-bond acceptors (Lipinski definition) is 13. The Balaban J connectivity index is 1.15. The van der Waals surface area contributed by atoms with E-state index >= 15 is 0 Å². The summed E-state index contributed by atoms with van der Waals surface area (Å²) in [5, 5.41) is 27.7. The van der Waals surface area contributed by atoms with Crippen LogP contribution in [0.1, 0.15) is 25.0 Å². The van der Waals surface area contributed by atoms with Crippen LogP contribution in [0.4, 0.5) is 22.7 Å². The summed E-state index contributed by atoms with van der Waals surface area (Å²) >= 11 is 0. The van der Waals surface area contributed by atoms with Crippen molar-refractivity contribution in [3.05, 3.63) is 86.0 Å². The average molecular weight is 682 g/mol. The SMILES string of the molecule is C[C@H]1CN(S(=O)(=O)c2cc([N+](=O)[O-])ccc2N/N=C\c2ccc(N3CCN(Cc4ccc5c(c4)OCO5)CC3)c([N+](=O)[O-])c2)C[C@H](C)O1. The van der Waals surface area contributed by atoms with Gasteiger partial charge in [-0.1, -0.05) is 12.1 Å². The number of nitrogens with zero attached hydrogens (tertiary/aromatic N) is 6. The van der Waals surface area contributed by atoms with Crippen molar-refractivity contribution in [2.24, 2.45) is 5.10 Å². The first-order valence-electron chi connectivity index (χ1n) is 15.4. The number of fused-ring (bicyclic) bond motifs is 1. The lowest BCUT2D eigenvalue weighted by Gasteiger charge is -2.35. The van der Waals surface area contributed by atoms with Crippen molar-refractivity contribution in [2.45, 2.75) is 37.5 Å². The molecule has 16 nitrogen and oxygen atoms in total. The normalized spacial score (nSPS) is 20.2. The Morgan fingerprint density at radius 2 is 1.65 bits per heavy atom. The number of non-ortho nitro benzene ring substituents is 1. The van der Waals surface area contributed by atoms with E-state index in [2.05, 4.69) is 15.4 Å². The van der Waals surface area contributed by atoms with Gasteiger partial charge in [0.05, 0.1) is 34.0 Å². The van der Waals surface area contributed by atoms with Crippen LogP contribution in [0.5, 0.6) is 11.5 Å². The Morgan fingerprint density at radius 3 is 2.35 bits per heavy atom. The third-order valence-electron chi connectivity index (χ3n) is 8.33. The molecular weight excluding hydrogens is 646 g/mol. The van der Waals surface area contributed by atoms with E-state index in [0.717, 1.165) is 29.7 Å². The van der Waals surface area contributed by atoms with E-state index in [1.165, 1.54) is 28.7 Å². The molecule has 2 saturated heterocycles. The maximum atomic E-state index is 13.6. The highest BCUT2D eigenvalue weighted by Crippen LogP contribution is 2.34. The van der Waals surface area contributed by atoms with E-state index in [1.54, 1.807) is 26.0 Å². The van der Waals surface area contributed by atoms with Crippen molar-refractivity contribution in [1.29, 1.82) is 0 Å². The molecule has 0 radical (unpaired) electrons. The van der Waals surface area contributed by atoms with Gasteiger partial charge in [-0.3, -0.25) is 30.6 Å². The van der Waals surface area contributed by atoms with Crippen LogP contribution in [0.2, 0.25) is 0 Å². The molecule has 0 spiro atoms. The number of nitro groups is 2. The summed E-state index contributed by atoms with van der Waals surface area (Å²) in [7, 11) is -4.17. The van der Waals surface area contributed by atoms with Crippen LogP contribution in [-0.4, -0.2) is 92.0 Å². The van der Waals surface area contributed by atoms with E-state index in [4.69, 9.17) is 14.2 Å². The van der Waals surface area contributed by atoms with Gasteiger partial charge in [0.2, 0.25) is 16.8 Å². The summed E-state index contributed by atoms with van der Waals surface area (Å²) in [6.07, 6.45) is 0.609. The van der Waals surface area contributed by atoms with Crippen molar-refractivity contribution in [1.82, 2.24) is 9.21 Å². The molecule has 6 rings (SSSR count).